The summed E-state index contributed by atoms with van der Waals surface area (Å²) in [6.45, 7) is 2.31. The van der Waals surface area contributed by atoms with E-state index in [1.54, 1.807) is 30.2 Å². The molecule has 0 radical (unpaired) electrons. The van der Waals surface area contributed by atoms with Gasteiger partial charge in [-0.15, -0.1) is 0 Å². The number of anilines is 1. The lowest BCUT2D eigenvalue weighted by Gasteiger charge is -2.18. The van der Waals surface area contributed by atoms with Crippen LogP contribution in [0.5, 0.6) is 11.5 Å². The molecule has 5 nitrogen and oxygen atoms in total. The van der Waals surface area contributed by atoms with Gasteiger partial charge in [0.1, 0.15) is 0 Å². The third-order valence-corrected chi connectivity index (χ3v) is 4.90. The number of halogens is 1. The highest BCUT2D eigenvalue weighted by atomic mass is 35.5. The second-order valence-corrected chi connectivity index (χ2v) is 6.63. The first-order valence-corrected chi connectivity index (χ1v) is 8.94. The SMILES string of the molecule is CCN(C(=O)COc1ccccc1OC)c1nc2cc(Cl)ccc2s1. The normalized spacial score (nSPS) is 10.7. The number of hydrogen-bond donors (Lipinski definition) is 0. The number of likely N-dealkylation sites (N-methyl/N-ethyl adjacent to an activating group) is 1. The van der Waals surface area contributed by atoms with E-state index in [2.05, 4.69) is 4.98 Å². The molecule has 1 heterocycles. The lowest BCUT2D eigenvalue weighted by molar-refractivity contribution is -0.120. The number of aromatic nitrogens is 1. The number of benzene rings is 2. The Morgan fingerprint density at radius 3 is 2.72 bits per heavy atom. The summed E-state index contributed by atoms with van der Waals surface area (Å²) in [5, 5.41) is 1.26. The summed E-state index contributed by atoms with van der Waals surface area (Å²) < 4.78 is 11.8. The fourth-order valence-corrected chi connectivity index (χ4v) is 3.57. The fraction of sp³-hybridized carbons (Fsp3) is 0.222. The number of amides is 1. The van der Waals surface area contributed by atoms with Crippen molar-refractivity contribution in [3.8, 4) is 11.5 Å². The van der Waals surface area contributed by atoms with Crippen LogP contribution >= 0.6 is 22.9 Å². The molecular formula is C18H17ClN2O3S. The summed E-state index contributed by atoms with van der Waals surface area (Å²) in [6.07, 6.45) is 0. The molecule has 0 fully saturated rings. The first-order valence-electron chi connectivity index (χ1n) is 7.74. The number of nitrogens with zero attached hydrogens (tertiary/aromatic N) is 2. The maximum atomic E-state index is 12.6. The molecule has 25 heavy (non-hydrogen) atoms. The van der Waals surface area contributed by atoms with Crippen LogP contribution in [0.3, 0.4) is 0 Å². The summed E-state index contributed by atoms with van der Waals surface area (Å²) >= 11 is 7.45. The second-order valence-electron chi connectivity index (χ2n) is 5.19. The molecule has 7 heteroatoms. The van der Waals surface area contributed by atoms with Crippen LogP contribution in [0, 0.1) is 0 Å². The molecule has 2 aromatic carbocycles. The van der Waals surface area contributed by atoms with Crippen molar-refractivity contribution in [2.75, 3.05) is 25.2 Å². The quantitative estimate of drug-likeness (QED) is 0.640. The van der Waals surface area contributed by atoms with Crippen molar-refractivity contribution in [3.63, 3.8) is 0 Å². The number of carbonyl (C=O) groups excluding carboxylic acids is 1. The maximum absolute atomic E-state index is 12.6. The minimum absolute atomic E-state index is 0.0924. The molecule has 0 saturated heterocycles. The van der Waals surface area contributed by atoms with Crippen molar-refractivity contribution in [3.05, 3.63) is 47.5 Å². The summed E-state index contributed by atoms with van der Waals surface area (Å²) in [5.74, 6) is 0.956. The van der Waals surface area contributed by atoms with Crippen LogP contribution in [-0.2, 0) is 4.79 Å². The van der Waals surface area contributed by atoms with Crippen LogP contribution in [0.15, 0.2) is 42.5 Å². The lowest BCUT2D eigenvalue weighted by atomic mass is 10.3. The highest BCUT2D eigenvalue weighted by molar-refractivity contribution is 7.22. The molecule has 0 aliphatic heterocycles. The molecule has 0 spiro atoms. The minimum atomic E-state index is -0.168. The van der Waals surface area contributed by atoms with Gasteiger partial charge in [-0.25, -0.2) is 4.98 Å². The zero-order valence-electron chi connectivity index (χ0n) is 13.9. The van der Waals surface area contributed by atoms with Gasteiger partial charge in [-0.05, 0) is 37.3 Å². The number of rotatable bonds is 6. The molecule has 0 aliphatic rings. The highest BCUT2D eigenvalue weighted by Gasteiger charge is 2.19. The fourth-order valence-electron chi connectivity index (χ4n) is 2.38. The summed E-state index contributed by atoms with van der Waals surface area (Å²) in [7, 11) is 1.56. The van der Waals surface area contributed by atoms with Gasteiger partial charge in [-0.1, -0.05) is 35.1 Å². The summed E-state index contributed by atoms with van der Waals surface area (Å²) in [5.41, 5.74) is 0.782. The van der Waals surface area contributed by atoms with Gasteiger partial charge in [-0.3, -0.25) is 9.69 Å². The van der Waals surface area contributed by atoms with Gasteiger partial charge in [-0.2, -0.15) is 0 Å². The van der Waals surface area contributed by atoms with Gasteiger partial charge in [0.15, 0.2) is 23.2 Å². The average molecular weight is 377 g/mol. The van der Waals surface area contributed by atoms with Gasteiger partial charge in [0.2, 0.25) is 0 Å². The van der Waals surface area contributed by atoms with E-state index in [0.29, 0.717) is 28.2 Å². The Balaban J connectivity index is 1.76. The number of hydrogen-bond acceptors (Lipinski definition) is 5. The third kappa shape index (κ3) is 3.86. The molecule has 3 aromatic rings. The summed E-state index contributed by atoms with van der Waals surface area (Å²) in [6, 6.07) is 12.7. The van der Waals surface area contributed by atoms with Gasteiger partial charge >= 0.3 is 0 Å². The average Bonchev–Trinajstić information content (AvgIpc) is 3.03. The van der Waals surface area contributed by atoms with Crippen molar-refractivity contribution in [2.45, 2.75) is 6.92 Å². The van der Waals surface area contributed by atoms with E-state index in [4.69, 9.17) is 21.1 Å². The monoisotopic (exact) mass is 376 g/mol. The first-order chi connectivity index (χ1) is 12.1. The van der Waals surface area contributed by atoms with E-state index < -0.39 is 0 Å². The Morgan fingerprint density at radius 1 is 1.24 bits per heavy atom. The van der Waals surface area contributed by atoms with Gasteiger partial charge in [0, 0.05) is 11.6 Å². The number of ether oxygens (including phenoxy) is 2. The third-order valence-electron chi connectivity index (χ3n) is 3.61. The minimum Gasteiger partial charge on any atom is -0.493 e. The van der Waals surface area contributed by atoms with E-state index in [1.807, 2.05) is 31.2 Å². The van der Waals surface area contributed by atoms with Crippen LogP contribution < -0.4 is 14.4 Å². The van der Waals surface area contributed by atoms with Gasteiger partial charge < -0.3 is 9.47 Å². The molecule has 1 aromatic heterocycles. The molecule has 130 valence electrons. The zero-order valence-corrected chi connectivity index (χ0v) is 15.4. The first kappa shape index (κ1) is 17.5. The maximum Gasteiger partial charge on any atom is 0.266 e. The molecular weight excluding hydrogens is 360 g/mol. The molecule has 3 rings (SSSR count). The van der Waals surface area contributed by atoms with Crippen molar-refractivity contribution in [2.24, 2.45) is 0 Å². The molecule has 0 N–H and O–H groups in total. The Morgan fingerprint density at radius 2 is 2.00 bits per heavy atom. The van der Waals surface area contributed by atoms with E-state index in [-0.39, 0.29) is 12.5 Å². The van der Waals surface area contributed by atoms with Crippen molar-refractivity contribution in [1.29, 1.82) is 0 Å². The number of thiazole rings is 1. The molecule has 0 bridgehead atoms. The van der Waals surface area contributed by atoms with Crippen molar-refractivity contribution >= 4 is 44.2 Å². The van der Waals surface area contributed by atoms with Gasteiger partial charge in [0.25, 0.3) is 5.91 Å². The topological polar surface area (TPSA) is 51.7 Å². The predicted molar refractivity (Wildman–Crippen MR) is 101 cm³/mol. The zero-order chi connectivity index (χ0) is 17.8. The Kier molecular flexibility index (Phi) is 5.40. The second kappa shape index (κ2) is 7.72. The number of para-hydroxylation sites is 2. The van der Waals surface area contributed by atoms with Crippen LogP contribution in [0.1, 0.15) is 6.92 Å². The Hall–Kier alpha value is -2.31. The van der Waals surface area contributed by atoms with Crippen LogP contribution in [0.2, 0.25) is 5.02 Å². The number of fused-ring (bicyclic) bond motifs is 1. The number of carbonyl (C=O) groups is 1. The van der Waals surface area contributed by atoms with Crippen LogP contribution in [-0.4, -0.2) is 31.2 Å². The lowest BCUT2D eigenvalue weighted by Crippen LogP contribution is -2.34. The highest BCUT2D eigenvalue weighted by Crippen LogP contribution is 2.31. The van der Waals surface area contributed by atoms with Crippen molar-refractivity contribution in [1.82, 2.24) is 4.98 Å². The number of methoxy groups -OCH3 is 1. The van der Waals surface area contributed by atoms with Crippen LogP contribution in [0.4, 0.5) is 5.13 Å². The van der Waals surface area contributed by atoms with E-state index in [0.717, 1.165) is 10.2 Å². The molecule has 0 saturated carbocycles. The predicted octanol–water partition coefficient (Wildman–Crippen LogP) is 4.39. The van der Waals surface area contributed by atoms with Crippen LogP contribution in [0.25, 0.3) is 10.2 Å². The van der Waals surface area contributed by atoms with Gasteiger partial charge in [0.05, 0.1) is 17.3 Å². The van der Waals surface area contributed by atoms with E-state index in [9.17, 15) is 4.79 Å². The molecule has 0 atom stereocenters. The van der Waals surface area contributed by atoms with Crippen molar-refractivity contribution < 1.29 is 14.3 Å². The van der Waals surface area contributed by atoms with E-state index in [1.165, 1.54) is 11.3 Å². The smallest absolute Gasteiger partial charge is 0.266 e. The molecule has 0 aliphatic carbocycles. The Labute approximate surface area is 154 Å². The Bertz CT molecular complexity index is 897. The molecule has 1 amide bonds. The van der Waals surface area contributed by atoms with E-state index >= 15 is 0 Å². The largest absolute Gasteiger partial charge is 0.493 e. The standard InChI is InChI=1S/C18H17ClN2O3S/c1-3-21(18-20-13-10-12(19)8-9-16(13)25-18)17(22)11-24-15-7-5-4-6-14(15)23-2/h4-10H,3,11H2,1-2H3. The molecule has 0 unspecified atom stereocenters. The summed E-state index contributed by atoms with van der Waals surface area (Å²) in [4.78, 5) is 18.7.